The fourth-order valence-corrected chi connectivity index (χ4v) is 4.35. The first-order valence-corrected chi connectivity index (χ1v) is 9.14. The van der Waals surface area contributed by atoms with Gasteiger partial charge in [0.15, 0.2) is 0 Å². The van der Waals surface area contributed by atoms with Crippen LogP contribution in [0.25, 0.3) is 0 Å². The lowest BCUT2D eigenvalue weighted by Crippen LogP contribution is -2.64. The lowest BCUT2D eigenvalue weighted by molar-refractivity contribution is -0.0426. The molecule has 1 aliphatic rings. The van der Waals surface area contributed by atoms with Gasteiger partial charge in [-0.15, -0.1) is 0 Å². The Hall–Kier alpha value is -0.120. The van der Waals surface area contributed by atoms with Crippen molar-refractivity contribution in [2.75, 3.05) is 39.3 Å². The highest BCUT2D eigenvalue weighted by Crippen LogP contribution is 2.46. The summed E-state index contributed by atoms with van der Waals surface area (Å²) in [6.45, 7) is 18.3. The van der Waals surface area contributed by atoms with Gasteiger partial charge in [-0.25, -0.2) is 0 Å². The van der Waals surface area contributed by atoms with Crippen LogP contribution >= 0.6 is 0 Å². The molecule has 0 spiro atoms. The summed E-state index contributed by atoms with van der Waals surface area (Å²) in [5.41, 5.74) is 6.87. The van der Waals surface area contributed by atoms with E-state index in [2.05, 4.69) is 44.4 Å². The molecule has 0 heterocycles. The fraction of sp³-hybridized carbons (Fsp3) is 1.00. The maximum atomic E-state index is 6.32. The molecule has 0 aromatic carbocycles. The molecule has 1 fully saturated rings. The number of hydrogen-bond donors (Lipinski definition) is 1. The summed E-state index contributed by atoms with van der Waals surface area (Å²) in [6, 6.07) is 0. The Morgan fingerprint density at radius 3 is 2.00 bits per heavy atom. The zero-order valence-electron chi connectivity index (χ0n) is 15.2. The quantitative estimate of drug-likeness (QED) is 0.708. The average Bonchev–Trinajstić information content (AvgIpc) is 2.48. The predicted molar refractivity (Wildman–Crippen MR) is 93.7 cm³/mol. The Balaban J connectivity index is 2.71. The van der Waals surface area contributed by atoms with Gasteiger partial charge >= 0.3 is 0 Å². The SMILES string of the molecule is CCN(CC)CCCN(CC)C1(CN)CCCCC1(C)C. The minimum absolute atomic E-state index is 0.212. The molecule has 1 rings (SSSR count). The molecule has 1 aliphatic carbocycles. The van der Waals surface area contributed by atoms with Crippen LogP contribution < -0.4 is 5.73 Å². The monoisotopic (exact) mass is 297 g/mol. The summed E-state index contributed by atoms with van der Waals surface area (Å²) in [4.78, 5) is 5.23. The normalized spacial score (nSPS) is 25.7. The molecule has 1 unspecified atom stereocenters. The van der Waals surface area contributed by atoms with E-state index in [4.69, 9.17) is 5.73 Å². The standard InChI is InChI=1S/C18H39N3/c1-6-20(7-2)14-11-15-21(8-3)18(16-19)13-10-9-12-17(18,4)5/h6-16,19H2,1-5H3. The number of rotatable bonds is 9. The molecule has 126 valence electrons. The molecular formula is C18H39N3. The number of nitrogens with zero attached hydrogens (tertiary/aromatic N) is 2. The van der Waals surface area contributed by atoms with Gasteiger partial charge in [-0.2, -0.15) is 0 Å². The highest BCUT2D eigenvalue weighted by molar-refractivity contribution is 5.04. The van der Waals surface area contributed by atoms with E-state index in [1.807, 2.05) is 0 Å². The summed E-state index contributed by atoms with van der Waals surface area (Å²) in [5, 5.41) is 0. The van der Waals surface area contributed by atoms with Crippen molar-refractivity contribution < 1.29 is 0 Å². The van der Waals surface area contributed by atoms with Gasteiger partial charge in [0, 0.05) is 12.1 Å². The van der Waals surface area contributed by atoms with Crippen LogP contribution in [0, 0.1) is 5.41 Å². The summed E-state index contributed by atoms with van der Waals surface area (Å²) in [5.74, 6) is 0. The lowest BCUT2D eigenvalue weighted by atomic mass is 9.62. The second-order valence-electron chi connectivity index (χ2n) is 7.29. The summed E-state index contributed by atoms with van der Waals surface area (Å²) < 4.78 is 0. The third-order valence-corrected chi connectivity index (χ3v) is 6.02. The third kappa shape index (κ3) is 4.20. The maximum Gasteiger partial charge on any atom is 0.0382 e. The highest BCUT2D eigenvalue weighted by Gasteiger charge is 2.48. The summed E-state index contributed by atoms with van der Waals surface area (Å²) >= 11 is 0. The Kier molecular flexibility index (Phi) is 7.66. The van der Waals surface area contributed by atoms with Crippen LogP contribution in [-0.4, -0.2) is 54.6 Å². The molecule has 2 N–H and O–H groups in total. The molecule has 1 saturated carbocycles. The first kappa shape index (κ1) is 18.9. The van der Waals surface area contributed by atoms with Crippen LogP contribution in [-0.2, 0) is 0 Å². The lowest BCUT2D eigenvalue weighted by Gasteiger charge is -2.56. The second-order valence-corrected chi connectivity index (χ2v) is 7.29. The largest absolute Gasteiger partial charge is 0.329 e. The van der Waals surface area contributed by atoms with Crippen LogP contribution in [0.15, 0.2) is 0 Å². The van der Waals surface area contributed by atoms with Gasteiger partial charge in [0.1, 0.15) is 0 Å². The summed E-state index contributed by atoms with van der Waals surface area (Å²) in [6.07, 6.45) is 6.55. The molecule has 3 nitrogen and oxygen atoms in total. The highest BCUT2D eigenvalue weighted by atomic mass is 15.2. The van der Waals surface area contributed by atoms with Gasteiger partial charge in [-0.1, -0.05) is 47.5 Å². The molecule has 0 aromatic heterocycles. The van der Waals surface area contributed by atoms with Crippen LogP contribution in [0.4, 0.5) is 0 Å². The molecule has 21 heavy (non-hydrogen) atoms. The molecule has 0 aromatic rings. The first-order valence-electron chi connectivity index (χ1n) is 9.14. The number of hydrogen-bond acceptors (Lipinski definition) is 3. The molecule has 1 atom stereocenters. The Morgan fingerprint density at radius 2 is 1.52 bits per heavy atom. The fourth-order valence-electron chi connectivity index (χ4n) is 4.35. The van der Waals surface area contributed by atoms with Crippen molar-refractivity contribution in [1.82, 2.24) is 9.80 Å². The van der Waals surface area contributed by atoms with Crippen molar-refractivity contribution in [2.24, 2.45) is 11.1 Å². The van der Waals surface area contributed by atoms with Crippen molar-refractivity contribution >= 4 is 0 Å². The molecule has 0 amide bonds. The molecule has 0 radical (unpaired) electrons. The van der Waals surface area contributed by atoms with Gasteiger partial charge in [0.2, 0.25) is 0 Å². The second kappa shape index (κ2) is 8.50. The minimum atomic E-state index is 0.212. The molecule has 0 aliphatic heterocycles. The van der Waals surface area contributed by atoms with Crippen molar-refractivity contribution in [3.8, 4) is 0 Å². The van der Waals surface area contributed by atoms with Crippen molar-refractivity contribution in [3.63, 3.8) is 0 Å². The zero-order chi connectivity index (χ0) is 15.9. The van der Waals surface area contributed by atoms with E-state index in [0.717, 1.165) is 26.2 Å². The topological polar surface area (TPSA) is 32.5 Å². The van der Waals surface area contributed by atoms with E-state index in [9.17, 15) is 0 Å². The van der Waals surface area contributed by atoms with E-state index in [1.165, 1.54) is 45.2 Å². The van der Waals surface area contributed by atoms with Crippen molar-refractivity contribution in [3.05, 3.63) is 0 Å². The van der Waals surface area contributed by atoms with Crippen LogP contribution in [0.3, 0.4) is 0 Å². The Labute approximate surface area is 133 Å². The van der Waals surface area contributed by atoms with E-state index in [1.54, 1.807) is 0 Å². The molecular weight excluding hydrogens is 258 g/mol. The van der Waals surface area contributed by atoms with Gasteiger partial charge in [-0.05, 0) is 57.4 Å². The van der Waals surface area contributed by atoms with E-state index in [-0.39, 0.29) is 5.54 Å². The van der Waals surface area contributed by atoms with Gasteiger partial charge in [0.25, 0.3) is 0 Å². The van der Waals surface area contributed by atoms with Gasteiger partial charge in [-0.3, -0.25) is 4.90 Å². The smallest absolute Gasteiger partial charge is 0.0382 e. The minimum Gasteiger partial charge on any atom is -0.329 e. The van der Waals surface area contributed by atoms with Crippen LogP contribution in [0.5, 0.6) is 0 Å². The molecule has 0 bridgehead atoms. The van der Waals surface area contributed by atoms with Gasteiger partial charge < -0.3 is 10.6 Å². The van der Waals surface area contributed by atoms with Gasteiger partial charge in [0.05, 0.1) is 0 Å². The third-order valence-electron chi connectivity index (χ3n) is 6.02. The van der Waals surface area contributed by atoms with Crippen LogP contribution in [0.1, 0.15) is 66.7 Å². The Morgan fingerprint density at radius 1 is 0.905 bits per heavy atom. The average molecular weight is 298 g/mol. The number of likely N-dealkylation sites (N-methyl/N-ethyl adjacent to an activating group) is 1. The first-order chi connectivity index (χ1) is 9.97. The van der Waals surface area contributed by atoms with E-state index < -0.39 is 0 Å². The van der Waals surface area contributed by atoms with Crippen LogP contribution in [0.2, 0.25) is 0 Å². The van der Waals surface area contributed by atoms with Crippen molar-refractivity contribution in [2.45, 2.75) is 72.3 Å². The van der Waals surface area contributed by atoms with E-state index in [0.29, 0.717) is 5.41 Å². The van der Waals surface area contributed by atoms with E-state index >= 15 is 0 Å². The zero-order valence-corrected chi connectivity index (χ0v) is 15.2. The predicted octanol–water partition coefficient (Wildman–Crippen LogP) is 3.34. The molecule has 0 saturated heterocycles. The maximum absolute atomic E-state index is 6.32. The summed E-state index contributed by atoms with van der Waals surface area (Å²) in [7, 11) is 0. The Bertz CT molecular complexity index is 286. The van der Waals surface area contributed by atoms with Crippen molar-refractivity contribution in [1.29, 1.82) is 0 Å². The number of nitrogens with two attached hydrogens (primary N) is 1. The molecule has 3 heteroatoms.